The monoisotopic (exact) mass is 293 g/mol. The minimum atomic E-state index is -1.82. The van der Waals surface area contributed by atoms with Crippen molar-refractivity contribution in [3.8, 4) is 0 Å². The Morgan fingerprint density at radius 1 is 1.44 bits per heavy atom. The van der Waals surface area contributed by atoms with Crippen LogP contribution in [-0.2, 0) is 9.53 Å². The van der Waals surface area contributed by atoms with Crippen LogP contribution in [0.4, 0.5) is 4.39 Å². The molecule has 0 saturated heterocycles. The quantitative estimate of drug-likeness (QED) is 0.670. The van der Waals surface area contributed by atoms with Gasteiger partial charge in [-0.25, -0.2) is 9.18 Å². The van der Waals surface area contributed by atoms with Crippen molar-refractivity contribution in [2.75, 3.05) is 12.9 Å². The van der Waals surface area contributed by atoms with Crippen LogP contribution in [0.3, 0.4) is 0 Å². The first-order chi connectivity index (χ1) is 8.10. The molecule has 2 atom stereocenters. The van der Waals surface area contributed by atoms with Gasteiger partial charge in [-0.2, -0.15) is 0 Å². The normalized spacial score (nSPS) is 13.3. The van der Waals surface area contributed by atoms with Crippen molar-refractivity contribution in [3.63, 3.8) is 0 Å². The maximum Gasteiger partial charge on any atom is 0.342 e. The summed E-state index contributed by atoms with van der Waals surface area (Å²) in [6.45, 7) is 1.78. The van der Waals surface area contributed by atoms with Gasteiger partial charge in [0.15, 0.2) is 0 Å². The molecule has 2 N–H and O–H groups in total. The van der Waals surface area contributed by atoms with Gasteiger partial charge in [-0.15, -0.1) is 24.2 Å². The summed E-state index contributed by atoms with van der Waals surface area (Å²) in [6.07, 6.45) is 0.126. The molecular formula is C12H17ClFNO2S. The highest BCUT2D eigenvalue weighted by atomic mass is 35.5. The highest BCUT2D eigenvalue weighted by Crippen LogP contribution is 2.21. The molecule has 0 aliphatic heterocycles. The molecule has 1 aromatic carbocycles. The molecule has 18 heavy (non-hydrogen) atoms. The molecule has 1 aromatic rings. The van der Waals surface area contributed by atoms with Gasteiger partial charge in [-0.05, 0) is 30.9 Å². The number of halogens is 2. The zero-order valence-electron chi connectivity index (χ0n) is 10.3. The minimum absolute atomic E-state index is 0. The number of hydrogen-bond donors (Lipinski definition) is 1. The first-order valence-corrected chi connectivity index (χ1v) is 6.52. The second-order valence-electron chi connectivity index (χ2n) is 3.45. The van der Waals surface area contributed by atoms with Crippen LogP contribution >= 0.6 is 24.2 Å². The number of alkyl halides is 1. The van der Waals surface area contributed by atoms with Gasteiger partial charge in [-0.3, -0.25) is 0 Å². The largest absolute Gasteiger partial charge is 0.464 e. The van der Waals surface area contributed by atoms with Gasteiger partial charge in [0.25, 0.3) is 0 Å². The van der Waals surface area contributed by atoms with Crippen molar-refractivity contribution >= 4 is 30.1 Å². The number of thioether (sulfide) groups is 1. The van der Waals surface area contributed by atoms with Crippen molar-refractivity contribution in [3.05, 3.63) is 29.8 Å². The van der Waals surface area contributed by atoms with Gasteiger partial charge in [0.05, 0.1) is 12.6 Å². The van der Waals surface area contributed by atoms with E-state index in [-0.39, 0.29) is 19.0 Å². The lowest BCUT2D eigenvalue weighted by Gasteiger charge is -2.16. The molecule has 0 radical (unpaired) electrons. The van der Waals surface area contributed by atoms with Gasteiger partial charge in [0, 0.05) is 4.90 Å². The molecule has 3 nitrogen and oxygen atoms in total. The molecule has 0 spiro atoms. The second-order valence-corrected chi connectivity index (χ2v) is 4.33. The summed E-state index contributed by atoms with van der Waals surface area (Å²) < 4.78 is 18.2. The SMILES string of the molecule is CCOC(=O)C(F)[C@H](N)c1ccc(SC)cc1.Cl. The summed E-state index contributed by atoms with van der Waals surface area (Å²) in [5, 5.41) is 0. The predicted octanol–water partition coefficient (Wildman–Crippen LogP) is 2.73. The first kappa shape index (κ1) is 17.2. The standard InChI is InChI=1S/C12H16FNO2S.ClH/c1-3-16-12(15)10(13)11(14)8-4-6-9(17-2)7-5-8;/h4-7,10-11H,3,14H2,1-2H3;1H/t10?,11-;/m1./s1. The maximum atomic E-state index is 13.6. The molecule has 0 aromatic heterocycles. The van der Waals surface area contributed by atoms with E-state index in [0.717, 1.165) is 4.90 Å². The van der Waals surface area contributed by atoms with E-state index in [2.05, 4.69) is 4.74 Å². The van der Waals surface area contributed by atoms with Crippen LogP contribution in [0.25, 0.3) is 0 Å². The fourth-order valence-corrected chi connectivity index (χ4v) is 1.77. The van der Waals surface area contributed by atoms with Crippen LogP contribution in [0.15, 0.2) is 29.2 Å². The van der Waals surface area contributed by atoms with E-state index < -0.39 is 18.2 Å². The fourth-order valence-electron chi connectivity index (χ4n) is 1.36. The van der Waals surface area contributed by atoms with E-state index in [1.807, 2.05) is 18.4 Å². The average Bonchev–Trinajstić information content (AvgIpc) is 2.37. The Morgan fingerprint density at radius 3 is 2.44 bits per heavy atom. The zero-order chi connectivity index (χ0) is 12.8. The lowest BCUT2D eigenvalue weighted by Crippen LogP contribution is -2.31. The highest BCUT2D eigenvalue weighted by molar-refractivity contribution is 7.98. The summed E-state index contributed by atoms with van der Waals surface area (Å²) in [6, 6.07) is 6.16. The average molecular weight is 294 g/mol. The molecular weight excluding hydrogens is 277 g/mol. The Balaban J connectivity index is 0.00000289. The number of esters is 1. The number of ether oxygens (including phenoxy) is 1. The van der Waals surface area contributed by atoms with Crippen LogP contribution in [0.1, 0.15) is 18.5 Å². The van der Waals surface area contributed by atoms with Gasteiger partial charge < -0.3 is 10.5 Å². The van der Waals surface area contributed by atoms with Gasteiger partial charge in [-0.1, -0.05) is 12.1 Å². The molecule has 0 bridgehead atoms. The predicted molar refractivity (Wildman–Crippen MR) is 73.9 cm³/mol. The molecule has 1 rings (SSSR count). The van der Waals surface area contributed by atoms with Crippen LogP contribution in [0, 0.1) is 0 Å². The first-order valence-electron chi connectivity index (χ1n) is 5.30. The summed E-state index contributed by atoms with van der Waals surface area (Å²) in [4.78, 5) is 12.3. The van der Waals surface area contributed by atoms with Crippen LogP contribution in [0.5, 0.6) is 0 Å². The molecule has 0 heterocycles. The van der Waals surface area contributed by atoms with E-state index in [1.54, 1.807) is 30.8 Å². The van der Waals surface area contributed by atoms with Gasteiger partial charge in [0.2, 0.25) is 6.17 Å². The van der Waals surface area contributed by atoms with Crippen molar-refractivity contribution in [1.29, 1.82) is 0 Å². The van der Waals surface area contributed by atoms with Gasteiger partial charge >= 0.3 is 5.97 Å². The molecule has 0 aliphatic carbocycles. The Bertz CT molecular complexity index is 375. The summed E-state index contributed by atoms with van der Waals surface area (Å²) in [5.74, 6) is -0.908. The summed E-state index contributed by atoms with van der Waals surface area (Å²) in [5.41, 5.74) is 6.27. The number of carbonyl (C=O) groups excluding carboxylic acids is 1. The van der Waals surface area contributed by atoms with Crippen LogP contribution < -0.4 is 5.73 Å². The molecule has 0 aliphatic rings. The number of nitrogens with two attached hydrogens (primary N) is 1. The Morgan fingerprint density at radius 2 is 2.00 bits per heavy atom. The molecule has 0 saturated carbocycles. The highest BCUT2D eigenvalue weighted by Gasteiger charge is 2.27. The third-order valence-electron chi connectivity index (χ3n) is 2.33. The van der Waals surface area contributed by atoms with Crippen molar-refractivity contribution in [2.45, 2.75) is 24.0 Å². The smallest absolute Gasteiger partial charge is 0.342 e. The van der Waals surface area contributed by atoms with Crippen molar-refractivity contribution in [2.24, 2.45) is 5.73 Å². The third kappa shape index (κ3) is 4.48. The molecule has 102 valence electrons. The number of hydrogen-bond acceptors (Lipinski definition) is 4. The minimum Gasteiger partial charge on any atom is -0.464 e. The van der Waals surface area contributed by atoms with Crippen LogP contribution in [0.2, 0.25) is 0 Å². The fraction of sp³-hybridized carbons (Fsp3) is 0.417. The van der Waals surface area contributed by atoms with Crippen LogP contribution in [-0.4, -0.2) is 25.0 Å². The van der Waals surface area contributed by atoms with E-state index in [9.17, 15) is 9.18 Å². The van der Waals surface area contributed by atoms with E-state index in [0.29, 0.717) is 5.56 Å². The molecule has 6 heteroatoms. The van der Waals surface area contributed by atoms with E-state index in [1.165, 1.54) is 0 Å². The Labute approximate surface area is 117 Å². The lowest BCUT2D eigenvalue weighted by atomic mass is 10.0. The Kier molecular flexibility index (Phi) is 7.98. The Hall–Kier alpha value is -0.780. The lowest BCUT2D eigenvalue weighted by molar-refractivity contribution is -0.149. The molecule has 0 fully saturated rings. The second kappa shape index (κ2) is 8.34. The zero-order valence-corrected chi connectivity index (χ0v) is 11.9. The van der Waals surface area contributed by atoms with E-state index in [4.69, 9.17) is 5.73 Å². The number of benzene rings is 1. The molecule has 1 unspecified atom stereocenters. The van der Waals surface area contributed by atoms with Crippen molar-refractivity contribution in [1.82, 2.24) is 0 Å². The number of carbonyl (C=O) groups is 1. The third-order valence-corrected chi connectivity index (χ3v) is 3.07. The topological polar surface area (TPSA) is 52.3 Å². The summed E-state index contributed by atoms with van der Waals surface area (Å²) in [7, 11) is 0. The van der Waals surface area contributed by atoms with Gasteiger partial charge in [0.1, 0.15) is 0 Å². The number of rotatable bonds is 5. The van der Waals surface area contributed by atoms with E-state index >= 15 is 0 Å². The maximum absolute atomic E-state index is 13.6. The van der Waals surface area contributed by atoms with Crippen molar-refractivity contribution < 1.29 is 13.9 Å². The molecule has 0 amide bonds. The summed E-state index contributed by atoms with van der Waals surface area (Å²) >= 11 is 1.59.